The van der Waals surface area contributed by atoms with Gasteiger partial charge in [0, 0.05) is 20.0 Å². The molecule has 0 saturated carbocycles. The predicted molar refractivity (Wildman–Crippen MR) is 48.8 cm³/mol. The van der Waals surface area contributed by atoms with Gasteiger partial charge in [-0.3, -0.25) is 4.79 Å². The summed E-state index contributed by atoms with van der Waals surface area (Å²) in [5, 5.41) is 0. The van der Waals surface area contributed by atoms with Gasteiger partial charge in [0.15, 0.2) is 5.78 Å². The molecule has 2 nitrogen and oxygen atoms in total. The van der Waals surface area contributed by atoms with Crippen LogP contribution in [0.2, 0.25) is 0 Å². The Kier molecular flexibility index (Phi) is 6.41. The van der Waals surface area contributed by atoms with Crippen LogP contribution in [-0.2, 0) is 9.53 Å². The van der Waals surface area contributed by atoms with E-state index in [0.717, 1.165) is 12.8 Å². The minimum atomic E-state index is -0.234. The molecule has 0 aliphatic carbocycles. The van der Waals surface area contributed by atoms with Gasteiger partial charge in [0.1, 0.15) is 6.10 Å². The van der Waals surface area contributed by atoms with Crippen molar-refractivity contribution >= 4 is 5.78 Å². The van der Waals surface area contributed by atoms with Crippen LogP contribution in [0, 0.1) is 12.3 Å². The van der Waals surface area contributed by atoms with Gasteiger partial charge in [0.25, 0.3) is 0 Å². The molecule has 0 fully saturated rings. The zero-order valence-corrected chi connectivity index (χ0v) is 7.80. The van der Waals surface area contributed by atoms with Crippen LogP contribution < -0.4 is 0 Å². The van der Waals surface area contributed by atoms with Gasteiger partial charge in [0.2, 0.25) is 0 Å². The molecule has 1 atom stereocenters. The topological polar surface area (TPSA) is 26.3 Å². The van der Waals surface area contributed by atoms with E-state index in [2.05, 4.69) is 5.92 Å². The van der Waals surface area contributed by atoms with Crippen molar-refractivity contribution in [3.63, 3.8) is 0 Å². The van der Waals surface area contributed by atoms with Gasteiger partial charge >= 0.3 is 0 Å². The van der Waals surface area contributed by atoms with E-state index < -0.39 is 0 Å². The van der Waals surface area contributed by atoms with Crippen molar-refractivity contribution < 1.29 is 9.53 Å². The molecule has 68 valence electrons. The van der Waals surface area contributed by atoms with E-state index in [1.165, 1.54) is 0 Å². The Hall–Kier alpha value is -0.810. The first-order valence-corrected chi connectivity index (χ1v) is 4.25. The highest BCUT2D eigenvalue weighted by Gasteiger charge is 2.13. The first-order valence-electron chi connectivity index (χ1n) is 4.25. The van der Waals surface area contributed by atoms with Gasteiger partial charge in [0.05, 0.1) is 0 Å². The average molecular weight is 168 g/mol. The first kappa shape index (κ1) is 11.2. The highest BCUT2D eigenvalue weighted by atomic mass is 16.5. The Morgan fingerprint density at radius 2 is 2.33 bits per heavy atom. The first-order chi connectivity index (χ1) is 5.76. The van der Waals surface area contributed by atoms with Gasteiger partial charge < -0.3 is 4.74 Å². The Bertz CT molecular complexity index is 163. The van der Waals surface area contributed by atoms with Crippen LogP contribution in [0.15, 0.2) is 0 Å². The quantitative estimate of drug-likeness (QED) is 0.446. The normalized spacial score (nSPS) is 12.1. The number of carbonyl (C=O) groups excluding carboxylic acids is 1. The second kappa shape index (κ2) is 6.87. The smallest absolute Gasteiger partial charge is 0.161 e. The van der Waals surface area contributed by atoms with E-state index in [9.17, 15) is 4.79 Å². The summed E-state index contributed by atoms with van der Waals surface area (Å²) >= 11 is 0. The number of hydrogen-bond acceptors (Lipinski definition) is 2. The van der Waals surface area contributed by atoms with Gasteiger partial charge in [-0.25, -0.2) is 0 Å². The maximum Gasteiger partial charge on any atom is 0.161 e. The second-order valence-corrected chi connectivity index (χ2v) is 2.66. The Morgan fingerprint density at radius 3 is 2.75 bits per heavy atom. The molecule has 0 rings (SSSR count). The van der Waals surface area contributed by atoms with E-state index in [1.54, 1.807) is 7.11 Å². The largest absolute Gasteiger partial charge is 0.374 e. The summed E-state index contributed by atoms with van der Waals surface area (Å²) in [6, 6.07) is 0. The maximum atomic E-state index is 11.3. The number of unbranched alkanes of at least 4 members (excludes halogenated alkanes) is 1. The molecule has 12 heavy (non-hydrogen) atoms. The van der Waals surface area contributed by atoms with Crippen LogP contribution in [0.4, 0.5) is 0 Å². The van der Waals surface area contributed by atoms with Crippen molar-refractivity contribution in [1.82, 2.24) is 0 Å². The van der Waals surface area contributed by atoms with E-state index in [4.69, 9.17) is 11.2 Å². The molecular weight excluding hydrogens is 152 g/mol. The van der Waals surface area contributed by atoms with Crippen LogP contribution in [0.25, 0.3) is 0 Å². The molecule has 0 radical (unpaired) electrons. The van der Waals surface area contributed by atoms with Crippen LogP contribution in [-0.4, -0.2) is 19.0 Å². The molecule has 0 N–H and O–H groups in total. The lowest BCUT2D eigenvalue weighted by atomic mass is 10.1. The summed E-state index contributed by atoms with van der Waals surface area (Å²) in [6.07, 6.45) is 7.55. The molecular formula is C10H16O2. The summed E-state index contributed by atoms with van der Waals surface area (Å²) in [5.41, 5.74) is 0. The standard InChI is InChI=1S/C10H16O2/c1-4-6-7-8-9(11)10(5-2)12-3/h1,10H,5-8H2,2-3H3. The number of carbonyl (C=O) groups is 1. The lowest BCUT2D eigenvalue weighted by molar-refractivity contribution is -0.129. The van der Waals surface area contributed by atoms with Crippen molar-refractivity contribution in [1.29, 1.82) is 0 Å². The van der Waals surface area contributed by atoms with Crippen molar-refractivity contribution in [2.75, 3.05) is 7.11 Å². The van der Waals surface area contributed by atoms with Crippen molar-refractivity contribution in [3.05, 3.63) is 0 Å². The molecule has 0 bridgehead atoms. The lowest BCUT2D eigenvalue weighted by Crippen LogP contribution is -2.21. The summed E-state index contributed by atoms with van der Waals surface area (Å²) in [7, 11) is 1.56. The predicted octanol–water partition coefficient (Wildman–Crippen LogP) is 1.78. The molecule has 1 unspecified atom stereocenters. The van der Waals surface area contributed by atoms with E-state index >= 15 is 0 Å². The number of ketones is 1. The summed E-state index contributed by atoms with van der Waals surface area (Å²) < 4.78 is 4.99. The Labute approximate surface area is 74.3 Å². The molecule has 0 aliphatic heterocycles. The van der Waals surface area contributed by atoms with Crippen LogP contribution >= 0.6 is 0 Å². The maximum absolute atomic E-state index is 11.3. The second-order valence-electron chi connectivity index (χ2n) is 2.66. The number of methoxy groups -OCH3 is 1. The van der Waals surface area contributed by atoms with Gasteiger partial charge in [-0.2, -0.15) is 0 Å². The zero-order chi connectivity index (χ0) is 9.40. The zero-order valence-electron chi connectivity index (χ0n) is 7.80. The van der Waals surface area contributed by atoms with E-state index in [-0.39, 0.29) is 11.9 Å². The van der Waals surface area contributed by atoms with Crippen LogP contribution in [0.3, 0.4) is 0 Å². The van der Waals surface area contributed by atoms with E-state index in [1.807, 2.05) is 6.92 Å². The van der Waals surface area contributed by atoms with Crippen LogP contribution in [0.5, 0.6) is 0 Å². The van der Waals surface area contributed by atoms with Crippen molar-refractivity contribution in [3.8, 4) is 12.3 Å². The summed E-state index contributed by atoms with van der Waals surface area (Å²) in [4.78, 5) is 11.3. The highest BCUT2D eigenvalue weighted by molar-refractivity contribution is 5.82. The molecule has 0 heterocycles. The number of rotatable bonds is 6. The minimum Gasteiger partial charge on any atom is -0.374 e. The van der Waals surface area contributed by atoms with Crippen LogP contribution in [0.1, 0.15) is 32.6 Å². The molecule has 0 saturated heterocycles. The Morgan fingerprint density at radius 1 is 1.67 bits per heavy atom. The highest BCUT2D eigenvalue weighted by Crippen LogP contribution is 2.04. The third-order valence-corrected chi connectivity index (χ3v) is 1.76. The fourth-order valence-electron chi connectivity index (χ4n) is 1.05. The van der Waals surface area contributed by atoms with Gasteiger partial charge in [-0.1, -0.05) is 6.92 Å². The van der Waals surface area contributed by atoms with Gasteiger partial charge in [-0.15, -0.1) is 12.3 Å². The molecule has 0 aromatic heterocycles. The minimum absolute atomic E-state index is 0.162. The number of ether oxygens (including phenoxy) is 1. The number of terminal acetylenes is 1. The third kappa shape index (κ3) is 4.15. The molecule has 0 amide bonds. The average Bonchev–Trinajstić information content (AvgIpc) is 2.07. The molecule has 0 spiro atoms. The monoisotopic (exact) mass is 168 g/mol. The molecule has 0 aliphatic rings. The van der Waals surface area contributed by atoms with Gasteiger partial charge in [-0.05, 0) is 12.8 Å². The fraction of sp³-hybridized carbons (Fsp3) is 0.700. The SMILES string of the molecule is C#CCCCC(=O)C(CC)OC. The number of Topliss-reactive ketones (excluding diaryl/α,β-unsaturated/α-hetero) is 1. The molecule has 2 heteroatoms. The van der Waals surface area contributed by atoms with E-state index in [0.29, 0.717) is 12.8 Å². The molecule has 0 aromatic carbocycles. The molecule has 0 aromatic rings. The summed E-state index contributed by atoms with van der Waals surface area (Å²) in [5.74, 6) is 2.67. The fourth-order valence-corrected chi connectivity index (χ4v) is 1.05. The number of hydrogen-bond donors (Lipinski definition) is 0. The van der Waals surface area contributed by atoms with Crippen molar-refractivity contribution in [2.45, 2.75) is 38.7 Å². The Balaban J connectivity index is 3.63. The lowest BCUT2D eigenvalue weighted by Gasteiger charge is -2.10. The third-order valence-electron chi connectivity index (χ3n) is 1.76. The van der Waals surface area contributed by atoms with Crippen molar-refractivity contribution in [2.24, 2.45) is 0 Å². The summed E-state index contributed by atoms with van der Waals surface area (Å²) in [6.45, 7) is 1.94.